The van der Waals surface area contributed by atoms with E-state index in [9.17, 15) is 20.1 Å². The topological polar surface area (TPSA) is 153 Å². The third-order valence-corrected chi connectivity index (χ3v) is 7.72. The number of azo groups is 2. The van der Waals surface area contributed by atoms with E-state index in [0.29, 0.717) is 27.8 Å². The van der Waals surface area contributed by atoms with E-state index in [1.165, 1.54) is 11.6 Å². The molecule has 9 nitrogen and oxygen atoms in total. The number of benzene rings is 6. The van der Waals surface area contributed by atoms with Crippen LogP contribution in [0.4, 0.5) is 28.4 Å². The summed E-state index contributed by atoms with van der Waals surface area (Å²) < 4.78 is 0. The van der Waals surface area contributed by atoms with Crippen LogP contribution in [0.3, 0.4) is 0 Å². The van der Waals surface area contributed by atoms with Crippen LogP contribution in [0.5, 0.6) is 11.5 Å². The smallest absolute Gasteiger partial charge is 0.337 e. The largest absolute Gasteiger partial charge is 0.507 e. The molecule has 0 fully saturated rings. The maximum absolute atomic E-state index is 11.3. The Morgan fingerprint density at radius 2 is 1.22 bits per heavy atom. The first-order chi connectivity index (χ1) is 23.4. The van der Waals surface area contributed by atoms with Gasteiger partial charge in [-0.15, -0.1) is 15.3 Å². The van der Waals surface area contributed by atoms with Gasteiger partial charge in [-0.2, -0.15) is 5.11 Å². The summed E-state index contributed by atoms with van der Waals surface area (Å²) in [5.41, 5.74) is 13.6. The Balaban J connectivity index is 0.000000325. The molecule has 0 saturated carbocycles. The number of rotatable bonds is 5. The zero-order chi connectivity index (χ0) is 35.8. The summed E-state index contributed by atoms with van der Waals surface area (Å²) in [6.45, 7) is 13.7. The number of fused-ring (bicyclic) bond motifs is 2. The van der Waals surface area contributed by atoms with E-state index in [4.69, 9.17) is 5.73 Å². The van der Waals surface area contributed by atoms with Crippen molar-refractivity contribution in [2.75, 3.05) is 5.73 Å². The number of hydrogen-bond donors (Lipinski definition) is 4. The normalized spacial score (nSPS) is 10.6. The van der Waals surface area contributed by atoms with Crippen molar-refractivity contribution in [3.63, 3.8) is 0 Å². The summed E-state index contributed by atoms with van der Waals surface area (Å²) in [7, 11) is 0. The monoisotopic (exact) mass is 734 g/mol. The number of carbonyl (C=O) groups is 1. The number of anilines is 1. The summed E-state index contributed by atoms with van der Waals surface area (Å²) in [5.74, 6) is -0.868. The maximum Gasteiger partial charge on any atom is 0.337 e. The number of nitrogen functional groups attached to an aromatic ring is 1. The number of nitrogens with zero attached hydrogens (tertiary/aromatic N) is 4. The number of carboxylic acids is 1. The van der Waals surface area contributed by atoms with Crippen LogP contribution < -0.4 is 5.73 Å². The molecular weight excluding hydrogens is 690 g/mol. The Morgan fingerprint density at radius 1 is 0.627 bits per heavy atom. The first kappa shape index (κ1) is 41.6. The number of aromatic hydroxyl groups is 2. The maximum atomic E-state index is 11.3. The van der Waals surface area contributed by atoms with Crippen LogP contribution in [0.2, 0.25) is 0 Å². The van der Waals surface area contributed by atoms with Gasteiger partial charge < -0.3 is 21.1 Å². The van der Waals surface area contributed by atoms with Crippen molar-refractivity contribution >= 4 is 56.0 Å². The van der Waals surface area contributed by atoms with Crippen LogP contribution in [0.15, 0.2) is 111 Å². The second-order valence-corrected chi connectivity index (χ2v) is 11.5. The Labute approximate surface area is 310 Å². The quantitative estimate of drug-likeness (QED) is 0.0788. The van der Waals surface area contributed by atoms with Crippen molar-refractivity contribution in [2.45, 2.75) is 55.9 Å². The number of hydrogen-bond acceptors (Lipinski definition) is 8. The van der Waals surface area contributed by atoms with Crippen molar-refractivity contribution in [1.82, 2.24) is 0 Å². The number of phenolic OH excluding ortho intramolecular Hbond substituents is 2. The van der Waals surface area contributed by atoms with Gasteiger partial charge in [0.2, 0.25) is 0 Å². The third kappa shape index (κ3) is 9.78. The van der Waals surface area contributed by atoms with Crippen LogP contribution in [-0.2, 0) is 17.1 Å². The fourth-order valence-corrected chi connectivity index (χ4v) is 5.26. The van der Waals surface area contributed by atoms with Crippen molar-refractivity contribution in [3.8, 4) is 11.5 Å². The average molecular weight is 735 g/mol. The van der Waals surface area contributed by atoms with Gasteiger partial charge in [0.25, 0.3) is 0 Å². The van der Waals surface area contributed by atoms with Crippen LogP contribution in [0, 0.1) is 34.6 Å². The molecule has 0 aliphatic rings. The minimum atomic E-state index is -1.06. The fourth-order valence-electron chi connectivity index (χ4n) is 5.26. The van der Waals surface area contributed by atoms with E-state index in [0.717, 1.165) is 38.7 Å². The average Bonchev–Trinajstić information content (AvgIpc) is 3.07. The molecule has 0 amide bonds. The van der Waals surface area contributed by atoms with Crippen LogP contribution in [0.25, 0.3) is 21.5 Å². The van der Waals surface area contributed by atoms with E-state index >= 15 is 0 Å². The van der Waals surface area contributed by atoms with Crippen molar-refractivity contribution in [1.29, 1.82) is 0 Å². The molecule has 6 aromatic carbocycles. The van der Waals surface area contributed by atoms with Crippen molar-refractivity contribution < 1.29 is 37.2 Å². The summed E-state index contributed by atoms with van der Waals surface area (Å²) in [4.78, 5) is 11.3. The van der Waals surface area contributed by atoms with Gasteiger partial charge >= 0.3 is 5.97 Å². The van der Waals surface area contributed by atoms with Crippen LogP contribution in [0.1, 0.15) is 59.4 Å². The predicted octanol–water partition coefficient (Wildman–Crippen LogP) is 12.4. The molecule has 5 N–H and O–H groups in total. The first-order valence-corrected chi connectivity index (χ1v) is 15.9. The summed E-state index contributed by atoms with van der Waals surface area (Å²) in [6.07, 6.45) is 0. The van der Waals surface area contributed by atoms with Crippen molar-refractivity contribution in [2.24, 2.45) is 20.5 Å². The molecule has 0 spiro atoms. The molecule has 0 aliphatic heterocycles. The molecule has 51 heavy (non-hydrogen) atoms. The van der Waals surface area contributed by atoms with Gasteiger partial charge in [0.15, 0.2) is 5.75 Å². The molecule has 0 saturated heterocycles. The zero-order valence-corrected chi connectivity index (χ0v) is 30.0. The number of aromatic carboxylic acids is 1. The first-order valence-electron chi connectivity index (χ1n) is 15.9. The number of aryl methyl sites for hydroxylation is 5. The molecule has 0 aliphatic carbocycles. The Kier molecular flexibility index (Phi) is 15.0. The Bertz CT molecular complexity index is 2230. The Morgan fingerprint density at radius 3 is 1.88 bits per heavy atom. The van der Waals surface area contributed by atoms with E-state index in [2.05, 4.69) is 26.5 Å². The molecule has 0 heterocycles. The predicted molar refractivity (Wildman–Crippen MR) is 206 cm³/mol. The molecule has 0 unspecified atom stereocenters. The molecule has 6 rings (SSSR count). The summed E-state index contributed by atoms with van der Waals surface area (Å²) in [6, 6.07) is 27.5. The Hall–Kier alpha value is -5.57. The number of phenols is 2. The van der Waals surface area contributed by atoms with Crippen LogP contribution >= 0.6 is 0 Å². The minimum Gasteiger partial charge on any atom is -0.507 e. The summed E-state index contributed by atoms with van der Waals surface area (Å²) in [5, 5.41) is 49.8. The van der Waals surface area contributed by atoms with E-state index < -0.39 is 5.97 Å². The van der Waals surface area contributed by atoms with Crippen molar-refractivity contribution in [3.05, 3.63) is 124 Å². The number of nitrogens with two attached hydrogens (primary N) is 1. The second kappa shape index (κ2) is 18.4. The molecular formula is C41H45CuN5O4. The second-order valence-electron chi connectivity index (χ2n) is 11.5. The van der Waals surface area contributed by atoms with Gasteiger partial charge in [0.05, 0.1) is 22.3 Å². The third-order valence-electron chi connectivity index (χ3n) is 7.72. The van der Waals surface area contributed by atoms with E-state index in [1.54, 1.807) is 30.3 Å². The molecule has 0 aromatic heterocycles. The zero-order valence-electron chi connectivity index (χ0n) is 29.1. The van der Waals surface area contributed by atoms with E-state index in [-0.39, 0.29) is 47.2 Å². The SMILES string of the molecule is C.CC.Cc1ccc(N=Nc2c(N)c(C)cc3cc(C)cc(O)c23)c(C)c1.Cc1ccc(N=Nc2ccc3ccccc3c2O)c(C(=O)O)c1.[Cu]. The minimum absolute atomic E-state index is 0. The van der Waals surface area contributed by atoms with Gasteiger partial charge in [0, 0.05) is 22.5 Å². The molecule has 6 aromatic rings. The van der Waals surface area contributed by atoms with Gasteiger partial charge in [-0.3, -0.25) is 0 Å². The molecule has 0 bridgehead atoms. The molecule has 1 radical (unpaired) electrons. The van der Waals surface area contributed by atoms with Gasteiger partial charge in [-0.1, -0.05) is 87.0 Å². The standard InChI is InChI=1S/C20H21N3O.C18H14N2O3.C2H6.CH4.Cu/c1-11-5-6-16(13(3)7-11)22-23-20-18-15(10-14(4)19(20)21)8-12(2)9-17(18)24;1-11-6-8-15(14(10-11)18(22)23)19-20-16-9-7-12-4-2-3-5-13(12)17(16)21;1-2;;/h5-10,24H,21H2,1-4H3;2-10,21H,1H3,(H,22,23);1-2H3;1H4;. The molecule has 269 valence electrons. The molecule has 10 heteroatoms. The van der Waals surface area contributed by atoms with Gasteiger partial charge in [-0.05, 0) is 98.5 Å². The van der Waals surface area contributed by atoms with Gasteiger partial charge in [-0.25, -0.2) is 4.79 Å². The van der Waals surface area contributed by atoms with Crippen LogP contribution in [-0.4, -0.2) is 21.3 Å². The van der Waals surface area contributed by atoms with E-state index in [1.807, 2.05) is 97.0 Å². The fraction of sp³-hybridized carbons (Fsp3) is 0.195. The molecule has 0 atom stereocenters. The summed E-state index contributed by atoms with van der Waals surface area (Å²) >= 11 is 0. The number of carboxylic acid groups (broad SMARTS) is 1. The van der Waals surface area contributed by atoms with Gasteiger partial charge in [0.1, 0.15) is 22.8 Å².